The van der Waals surface area contributed by atoms with Gasteiger partial charge in [0, 0.05) is 11.6 Å². The zero-order chi connectivity index (χ0) is 15.2. The number of hydrogen-bond donors (Lipinski definition) is 2. The molecule has 2 aromatic heterocycles. The largest absolute Gasteiger partial charge is 0.341 e. The predicted octanol–water partition coefficient (Wildman–Crippen LogP) is 3.64. The molecular weight excluding hydrogens is 298 g/mol. The molecule has 5 heteroatoms. The molecule has 1 aliphatic carbocycles. The maximum Gasteiger partial charge on any atom is 0.268 e. The van der Waals surface area contributed by atoms with Crippen LogP contribution in [0.5, 0.6) is 0 Å². The average molecular weight is 312 g/mol. The number of carbonyl (C=O) groups is 1. The predicted molar refractivity (Wildman–Crippen MR) is 85.9 cm³/mol. The minimum absolute atomic E-state index is 0.115. The Morgan fingerprint density at radius 1 is 1.23 bits per heavy atom. The van der Waals surface area contributed by atoms with Crippen molar-refractivity contribution in [1.29, 1.82) is 0 Å². The van der Waals surface area contributed by atoms with Gasteiger partial charge in [-0.25, -0.2) is 4.98 Å². The molecular formula is C17H14ClN3O. The molecule has 1 saturated carbocycles. The average Bonchev–Trinajstić information content (AvgIpc) is 3.18. The summed E-state index contributed by atoms with van der Waals surface area (Å²) in [6.45, 7) is 0. The molecule has 0 saturated heterocycles. The zero-order valence-electron chi connectivity index (χ0n) is 11.8. The molecule has 4 rings (SSSR count). The van der Waals surface area contributed by atoms with E-state index in [0.29, 0.717) is 16.4 Å². The molecule has 0 radical (unpaired) electrons. The lowest BCUT2D eigenvalue weighted by Gasteiger charge is -2.17. The van der Waals surface area contributed by atoms with Crippen LogP contribution in [0.2, 0.25) is 5.02 Å². The summed E-state index contributed by atoms with van der Waals surface area (Å²) in [5.41, 5.74) is 2.10. The highest BCUT2D eigenvalue weighted by molar-refractivity contribution is 6.31. The molecule has 1 fully saturated rings. The van der Waals surface area contributed by atoms with E-state index < -0.39 is 0 Å². The quantitative estimate of drug-likeness (QED) is 0.776. The van der Waals surface area contributed by atoms with Crippen LogP contribution in [0.1, 0.15) is 28.9 Å². The van der Waals surface area contributed by atoms with E-state index in [4.69, 9.17) is 11.6 Å². The van der Waals surface area contributed by atoms with Gasteiger partial charge >= 0.3 is 0 Å². The number of benzene rings is 1. The molecule has 110 valence electrons. The van der Waals surface area contributed by atoms with Gasteiger partial charge < -0.3 is 10.3 Å². The number of fused-ring (bicyclic) bond motifs is 1. The van der Waals surface area contributed by atoms with Crippen molar-refractivity contribution in [3.05, 3.63) is 64.9 Å². The van der Waals surface area contributed by atoms with E-state index in [1.807, 2.05) is 18.2 Å². The van der Waals surface area contributed by atoms with Crippen LogP contribution in [0.3, 0.4) is 0 Å². The van der Waals surface area contributed by atoms with E-state index in [0.717, 1.165) is 23.8 Å². The number of nitrogens with zero attached hydrogens (tertiary/aromatic N) is 1. The Hall–Kier alpha value is -2.33. The van der Waals surface area contributed by atoms with Crippen LogP contribution >= 0.6 is 11.6 Å². The Balaban J connectivity index is 1.61. The Bertz CT molecular complexity index is 853. The fourth-order valence-corrected chi connectivity index (χ4v) is 2.93. The lowest BCUT2D eigenvalue weighted by molar-refractivity contribution is 0.0926. The highest BCUT2D eigenvalue weighted by atomic mass is 35.5. The highest BCUT2D eigenvalue weighted by Gasteiger charge is 2.45. The van der Waals surface area contributed by atoms with Crippen molar-refractivity contribution in [2.24, 2.45) is 0 Å². The number of halogens is 1. The molecule has 2 N–H and O–H groups in total. The SMILES string of the molecule is O=C(NC1(c2ccccc2)CC1)c1cc2cc(Cl)cnc2[nH]1. The van der Waals surface area contributed by atoms with Crippen LogP contribution in [0.25, 0.3) is 11.0 Å². The van der Waals surface area contributed by atoms with Crippen molar-refractivity contribution < 1.29 is 4.79 Å². The summed E-state index contributed by atoms with van der Waals surface area (Å²) >= 11 is 5.93. The first-order valence-corrected chi connectivity index (χ1v) is 7.56. The summed E-state index contributed by atoms with van der Waals surface area (Å²) < 4.78 is 0. The molecule has 0 unspecified atom stereocenters. The van der Waals surface area contributed by atoms with Gasteiger partial charge in [-0.15, -0.1) is 0 Å². The minimum atomic E-state index is -0.222. The molecule has 0 atom stereocenters. The topological polar surface area (TPSA) is 57.8 Å². The number of pyridine rings is 1. The van der Waals surface area contributed by atoms with Crippen LogP contribution in [0.15, 0.2) is 48.7 Å². The van der Waals surface area contributed by atoms with Gasteiger partial charge in [-0.3, -0.25) is 4.79 Å². The van der Waals surface area contributed by atoms with Crippen molar-refractivity contribution in [2.75, 3.05) is 0 Å². The fourth-order valence-electron chi connectivity index (χ4n) is 2.76. The fraction of sp³-hybridized carbons (Fsp3) is 0.176. The molecule has 0 spiro atoms. The van der Waals surface area contributed by atoms with Crippen LogP contribution in [-0.4, -0.2) is 15.9 Å². The van der Waals surface area contributed by atoms with Crippen LogP contribution in [0, 0.1) is 0 Å². The van der Waals surface area contributed by atoms with Gasteiger partial charge in [0.15, 0.2) is 0 Å². The summed E-state index contributed by atoms with van der Waals surface area (Å²) in [5, 5.41) is 4.54. The minimum Gasteiger partial charge on any atom is -0.341 e. The third-order valence-corrected chi connectivity index (χ3v) is 4.32. The first-order valence-electron chi connectivity index (χ1n) is 7.19. The van der Waals surface area contributed by atoms with Crippen molar-refractivity contribution in [3.63, 3.8) is 0 Å². The normalized spacial score (nSPS) is 15.7. The van der Waals surface area contributed by atoms with E-state index >= 15 is 0 Å². The van der Waals surface area contributed by atoms with Gasteiger partial charge in [-0.2, -0.15) is 0 Å². The molecule has 22 heavy (non-hydrogen) atoms. The van der Waals surface area contributed by atoms with Crippen LogP contribution in [-0.2, 0) is 5.54 Å². The van der Waals surface area contributed by atoms with Gasteiger partial charge in [0.1, 0.15) is 11.3 Å². The van der Waals surface area contributed by atoms with Crippen molar-refractivity contribution in [3.8, 4) is 0 Å². The Morgan fingerprint density at radius 2 is 2.00 bits per heavy atom. The Labute approximate surface area is 132 Å². The smallest absolute Gasteiger partial charge is 0.268 e. The second-order valence-electron chi connectivity index (χ2n) is 5.68. The van der Waals surface area contributed by atoms with Crippen molar-refractivity contribution >= 4 is 28.5 Å². The summed E-state index contributed by atoms with van der Waals surface area (Å²) in [6.07, 6.45) is 3.49. The number of nitrogens with one attached hydrogen (secondary N) is 2. The van der Waals surface area contributed by atoms with E-state index in [-0.39, 0.29) is 11.4 Å². The second-order valence-corrected chi connectivity index (χ2v) is 6.11. The van der Waals surface area contributed by atoms with Crippen LogP contribution < -0.4 is 5.32 Å². The molecule has 0 aliphatic heterocycles. The van der Waals surface area contributed by atoms with Gasteiger partial charge in [0.25, 0.3) is 5.91 Å². The first-order chi connectivity index (χ1) is 10.7. The molecule has 1 aliphatic rings. The van der Waals surface area contributed by atoms with Gasteiger partial charge in [-0.05, 0) is 30.5 Å². The molecule has 2 heterocycles. The number of H-pyrrole nitrogens is 1. The Kier molecular flexibility index (Phi) is 2.94. The second kappa shape index (κ2) is 4.85. The number of aromatic nitrogens is 2. The molecule has 3 aromatic rings. The van der Waals surface area contributed by atoms with Crippen LogP contribution in [0.4, 0.5) is 0 Å². The number of rotatable bonds is 3. The summed E-state index contributed by atoms with van der Waals surface area (Å²) in [7, 11) is 0. The van der Waals surface area contributed by atoms with Gasteiger partial charge in [-0.1, -0.05) is 41.9 Å². The standard InChI is InChI=1S/C17H14ClN3O/c18-13-8-11-9-14(20-15(11)19-10-13)16(22)21-17(6-7-17)12-4-2-1-3-5-12/h1-5,8-10H,6-7H2,(H,19,20)(H,21,22). The maximum absolute atomic E-state index is 12.5. The van der Waals surface area contributed by atoms with E-state index in [9.17, 15) is 4.79 Å². The summed E-state index contributed by atoms with van der Waals surface area (Å²) in [4.78, 5) is 19.8. The number of hydrogen-bond acceptors (Lipinski definition) is 2. The monoisotopic (exact) mass is 311 g/mol. The van der Waals surface area contributed by atoms with Gasteiger partial charge in [0.2, 0.25) is 0 Å². The van der Waals surface area contributed by atoms with E-state index in [1.54, 1.807) is 18.3 Å². The number of carbonyl (C=O) groups excluding carboxylic acids is 1. The number of amides is 1. The van der Waals surface area contributed by atoms with E-state index in [2.05, 4.69) is 27.4 Å². The van der Waals surface area contributed by atoms with E-state index in [1.165, 1.54) is 0 Å². The third-order valence-electron chi connectivity index (χ3n) is 4.11. The molecule has 4 nitrogen and oxygen atoms in total. The van der Waals surface area contributed by atoms with Crippen molar-refractivity contribution in [1.82, 2.24) is 15.3 Å². The molecule has 1 amide bonds. The maximum atomic E-state index is 12.5. The first kappa shape index (κ1) is 13.3. The zero-order valence-corrected chi connectivity index (χ0v) is 12.5. The summed E-state index contributed by atoms with van der Waals surface area (Å²) in [6, 6.07) is 13.7. The highest BCUT2D eigenvalue weighted by Crippen LogP contribution is 2.45. The van der Waals surface area contributed by atoms with Crippen molar-refractivity contribution in [2.45, 2.75) is 18.4 Å². The lowest BCUT2D eigenvalue weighted by atomic mass is 10.0. The summed E-state index contributed by atoms with van der Waals surface area (Å²) in [5.74, 6) is -0.115. The Morgan fingerprint density at radius 3 is 2.73 bits per heavy atom. The number of aromatic amines is 1. The molecule has 0 bridgehead atoms. The molecule has 1 aromatic carbocycles. The lowest BCUT2D eigenvalue weighted by Crippen LogP contribution is -2.35. The third kappa shape index (κ3) is 2.25. The van der Waals surface area contributed by atoms with Gasteiger partial charge in [0.05, 0.1) is 10.6 Å².